The van der Waals surface area contributed by atoms with Crippen molar-refractivity contribution in [2.75, 3.05) is 0 Å². The molecule has 0 aliphatic heterocycles. The van der Waals surface area contributed by atoms with Gasteiger partial charge in [0.2, 0.25) is 5.78 Å². The average molecular weight is 326 g/mol. The molecule has 3 rings (SSSR count). The lowest BCUT2D eigenvalue weighted by molar-refractivity contribution is -0.114. The first-order valence-electron chi connectivity index (χ1n) is 7.40. The minimum Gasteiger partial charge on any atom is -0.465 e. The Kier molecular flexibility index (Phi) is 4.37. The summed E-state index contributed by atoms with van der Waals surface area (Å²) in [6.07, 6.45) is 3.44. The van der Waals surface area contributed by atoms with E-state index in [9.17, 15) is 14.0 Å². The van der Waals surface area contributed by atoms with E-state index >= 15 is 0 Å². The average Bonchev–Trinajstić information content (AvgIpc) is 3.18. The number of hydrogen-bond acceptors (Lipinski definition) is 4. The highest BCUT2D eigenvalue weighted by Gasteiger charge is 2.21. The van der Waals surface area contributed by atoms with Crippen molar-refractivity contribution in [1.82, 2.24) is 9.55 Å². The van der Waals surface area contributed by atoms with Crippen LogP contribution in [0.3, 0.4) is 0 Å². The molecule has 0 saturated carbocycles. The Balaban J connectivity index is 1.65. The lowest BCUT2D eigenvalue weighted by Crippen LogP contribution is -2.20. The minimum atomic E-state index is -0.640. The normalized spacial score (nSPS) is 10.8. The van der Waals surface area contributed by atoms with Gasteiger partial charge in [-0.3, -0.25) is 9.59 Å². The maximum atomic E-state index is 12.9. The van der Waals surface area contributed by atoms with Gasteiger partial charge in [-0.2, -0.15) is 0 Å². The van der Waals surface area contributed by atoms with E-state index < -0.39 is 11.6 Å². The van der Waals surface area contributed by atoms with Crippen molar-refractivity contribution in [3.05, 3.63) is 77.5 Å². The Hall–Kier alpha value is -3.02. The molecule has 0 N–H and O–H groups in total. The number of nitrogens with zero attached hydrogens (tertiary/aromatic N) is 2. The SMILES string of the molecule is Cn1ccnc1C(=O)C(=O)Cc1ccc(Cc2ccc(F)cc2)o1. The zero-order chi connectivity index (χ0) is 17.1. The van der Waals surface area contributed by atoms with E-state index in [0.29, 0.717) is 17.9 Å². The van der Waals surface area contributed by atoms with E-state index in [1.807, 2.05) is 0 Å². The van der Waals surface area contributed by atoms with Gasteiger partial charge in [0.25, 0.3) is 5.78 Å². The molecular formula is C18H15FN2O3. The van der Waals surface area contributed by atoms with Crippen LogP contribution in [-0.4, -0.2) is 21.1 Å². The molecule has 0 aliphatic rings. The standard InChI is InChI=1S/C18H15FN2O3/c1-21-9-8-20-18(21)17(23)16(22)11-15-7-6-14(24-15)10-12-2-4-13(19)5-3-12/h2-9H,10-11H2,1H3. The number of rotatable bonds is 6. The Morgan fingerprint density at radius 1 is 1.12 bits per heavy atom. The summed E-state index contributed by atoms with van der Waals surface area (Å²) in [4.78, 5) is 28.0. The fourth-order valence-corrected chi connectivity index (χ4v) is 2.36. The summed E-state index contributed by atoms with van der Waals surface area (Å²) in [6, 6.07) is 9.53. The Morgan fingerprint density at radius 3 is 2.50 bits per heavy atom. The predicted molar refractivity (Wildman–Crippen MR) is 84.2 cm³/mol. The van der Waals surface area contributed by atoms with Crippen molar-refractivity contribution in [1.29, 1.82) is 0 Å². The maximum absolute atomic E-state index is 12.9. The third-order valence-corrected chi connectivity index (χ3v) is 3.62. The highest BCUT2D eigenvalue weighted by Crippen LogP contribution is 2.15. The largest absolute Gasteiger partial charge is 0.465 e. The molecule has 0 atom stereocenters. The number of ketones is 2. The van der Waals surface area contributed by atoms with Gasteiger partial charge < -0.3 is 8.98 Å². The molecule has 0 aliphatic carbocycles. The summed E-state index contributed by atoms with van der Waals surface area (Å²) >= 11 is 0. The maximum Gasteiger partial charge on any atom is 0.264 e. The van der Waals surface area contributed by atoms with Crippen molar-refractivity contribution in [2.24, 2.45) is 7.05 Å². The molecule has 0 bridgehead atoms. The van der Waals surface area contributed by atoms with E-state index in [4.69, 9.17) is 4.42 Å². The van der Waals surface area contributed by atoms with Crippen molar-refractivity contribution in [3.8, 4) is 0 Å². The highest BCUT2D eigenvalue weighted by atomic mass is 19.1. The molecule has 3 aromatic rings. The molecule has 0 saturated heterocycles. The van der Waals surface area contributed by atoms with Crippen LogP contribution in [0, 0.1) is 5.82 Å². The number of aromatic nitrogens is 2. The van der Waals surface area contributed by atoms with E-state index in [2.05, 4.69) is 4.98 Å². The molecule has 0 amide bonds. The third-order valence-electron chi connectivity index (χ3n) is 3.62. The number of imidazole rings is 1. The number of Topliss-reactive ketones (excluding diaryl/α,β-unsaturated/α-hetero) is 2. The first-order chi connectivity index (χ1) is 11.5. The van der Waals surface area contributed by atoms with Crippen molar-refractivity contribution < 1.29 is 18.4 Å². The van der Waals surface area contributed by atoms with Gasteiger partial charge in [0, 0.05) is 25.9 Å². The summed E-state index contributed by atoms with van der Waals surface area (Å²) in [6.45, 7) is 0. The van der Waals surface area contributed by atoms with Gasteiger partial charge in [0.05, 0.1) is 6.42 Å². The van der Waals surface area contributed by atoms with Gasteiger partial charge in [-0.15, -0.1) is 0 Å². The second kappa shape index (κ2) is 6.62. The predicted octanol–water partition coefficient (Wildman–Crippen LogP) is 2.74. The van der Waals surface area contributed by atoms with E-state index in [-0.39, 0.29) is 18.1 Å². The summed E-state index contributed by atoms with van der Waals surface area (Å²) < 4.78 is 20.0. The summed E-state index contributed by atoms with van der Waals surface area (Å²) in [5.74, 6) is -0.338. The van der Waals surface area contributed by atoms with Crippen LogP contribution in [0.15, 0.2) is 53.2 Å². The van der Waals surface area contributed by atoms with Crippen LogP contribution in [0.4, 0.5) is 4.39 Å². The first-order valence-corrected chi connectivity index (χ1v) is 7.40. The van der Waals surface area contributed by atoms with Gasteiger partial charge >= 0.3 is 0 Å². The van der Waals surface area contributed by atoms with Crippen molar-refractivity contribution in [3.63, 3.8) is 0 Å². The molecule has 2 aromatic heterocycles. The summed E-state index contributed by atoms with van der Waals surface area (Å²) in [5.41, 5.74) is 0.896. The van der Waals surface area contributed by atoms with Crippen LogP contribution in [-0.2, 0) is 24.7 Å². The molecule has 122 valence electrons. The van der Waals surface area contributed by atoms with E-state index in [1.54, 1.807) is 37.5 Å². The number of carbonyl (C=O) groups excluding carboxylic acids is 2. The van der Waals surface area contributed by atoms with Gasteiger partial charge in [0.15, 0.2) is 5.82 Å². The first kappa shape index (κ1) is 15.9. The lowest BCUT2D eigenvalue weighted by atomic mass is 10.1. The van der Waals surface area contributed by atoms with Crippen LogP contribution in [0.25, 0.3) is 0 Å². The molecule has 24 heavy (non-hydrogen) atoms. The molecule has 1 aromatic carbocycles. The smallest absolute Gasteiger partial charge is 0.264 e. The van der Waals surface area contributed by atoms with Gasteiger partial charge in [-0.25, -0.2) is 9.37 Å². The van der Waals surface area contributed by atoms with E-state index in [1.165, 1.54) is 22.9 Å². The Morgan fingerprint density at radius 2 is 1.83 bits per heavy atom. The van der Waals surface area contributed by atoms with Crippen LogP contribution in [0.1, 0.15) is 27.7 Å². The highest BCUT2D eigenvalue weighted by molar-refractivity contribution is 6.43. The van der Waals surface area contributed by atoms with E-state index in [0.717, 1.165) is 5.56 Å². The topological polar surface area (TPSA) is 65.1 Å². The fourth-order valence-electron chi connectivity index (χ4n) is 2.36. The zero-order valence-corrected chi connectivity index (χ0v) is 13.0. The Labute approximate surface area is 137 Å². The number of aryl methyl sites for hydroxylation is 1. The zero-order valence-electron chi connectivity index (χ0n) is 13.0. The Bertz CT molecular complexity index is 878. The minimum absolute atomic E-state index is 0.109. The van der Waals surface area contributed by atoms with Gasteiger partial charge in [-0.1, -0.05) is 12.1 Å². The molecule has 2 heterocycles. The van der Waals surface area contributed by atoms with Crippen LogP contribution in [0.2, 0.25) is 0 Å². The second-order valence-electron chi connectivity index (χ2n) is 5.46. The third kappa shape index (κ3) is 3.48. The van der Waals surface area contributed by atoms with Crippen LogP contribution in [0.5, 0.6) is 0 Å². The number of halogens is 1. The number of furan rings is 1. The molecular weight excluding hydrogens is 311 g/mol. The molecule has 0 unspecified atom stereocenters. The molecule has 0 spiro atoms. The number of hydrogen-bond donors (Lipinski definition) is 0. The van der Waals surface area contributed by atoms with Gasteiger partial charge in [-0.05, 0) is 29.8 Å². The van der Waals surface area contributed by atoms with Crippen molar-refractivity contribution >= 4 is 11.6 Å². The molecule has 0 radical (unpaired) electrons. The second-order valence-corrected chi connectivity index (χ2v) is 5.46. The molecule has 0 fully saturated rings. The molecule has 5 nitrogen and oxygen atoms in total. The van der Waals surface area contributed by atoms with Crippen molar-refractivity contribution in [2.45, 2.75) is 12.8 Å². The number of benzene rings is 1. The van der Waals surface area contributed by atoms with Crippen LogP contribution >= 0.6 is 0 Å². The summed E-state index contributed by atoms with van der Waals surface area (Å²) in [7, 11) is 1.65. The molecule has 6 heteroatoms. The summed E-state index contributed by atoms with van der Waals surface area (Å²) in [5, 5.41) is 0. The lowest BCUT2D eigenvalue weighted by Gasteiger charge is -2.00. The van der Waals surface area contributed by atoms with Gasteiger partial charge in [0.1, 0.15) is 17.3 Å². The monoisotopic (exact) mass is 326 g/mol. The number of carbonyl (C=O) groups is 2. The van der Waals surface area contributed by atoms with Crippen LogP contribution < -0.4 is 0 Å². The fraction of sp³-hybridized carbons (Fsp3) is 0.167. The quantitative estimate of drug-likeness (QED) is 0.516.